The maximum atomic E-state index is 11.0. The summed E-state index contributed by atoms with van der Waals surface area (Å²) < 4.78 is 5.38. The Hall–Kier alpha value is -1.05. The Morgan fingerprint density at radius 1 is 1.62 bits per heavy atom. The highest BCUT2D eigenvalue weighted by Crippen LogP contribution is 2.40. The third-order valence-electron chi connectivity index (χ3n) is 3.21. The van der Waals surface area contributed by atoms with Crippen LogP contribution in [0.2, 0.25) is 0 Å². The molecule has 2 aliphatic rings. The van der Waals surface area contributed by atoms with Gasteiger partial charge in [0.25, 0.3) is 0 Å². The molecule has 1 spiro atoms. The lowest BCUT2D eigenvalue weighted by Crippen LogP contribution is -2.38. The molecular weight excluding hydrogens is 164 g/mol. The third kappa shape index (κ3) is 1.21. The largest absolute Gasteiger partial charge is 0.451 e. The Morgan fingerprint density at radius 3 is 3.00 bits per heavy atom. The van der Waals surface area contributed by atoms with E-state index in [-0.39, 0.29) is 11.6 Å². The summed E-state index contributed by atoms with van der Waals surface area (Å²) in [7, 11) is 0. The highest BCUT2D eigenvalue weighted by molar-refractivity contribution is 5.85. The van der Waals surface area contributed by atoms with Crippen molar-refractivity contribution in [3.63, 3.8) is 0 Å². The lowest BCUT2D eigenvalue weighted by molar-refractivity contribution is -0.149. The van der Waals surface area contributed by atoms with Crippen molar-refractivity contribution in [2.24, 2.45) is 5.92 Å². The smallest absolute Gasteiger partial charge is 0.331 e. The highest BCUT2D eigenvalue weighted by atomic mass is 16.6. The SMILES string of the molecule is CC1=CCCC2(C=CC(=O)O2)C1C. The van der Waals surface area contributed by atoms with E-state index in [2.05, 4.69) is 19.9 Å². The van der Waals surface area contributed by atoms with Crippen molar-refractivity contribution >= 4 is 5.97 Å². The van der Waals surface area contributed by atoms with E-state index in [1.165, 1.54) is 5.57 Å². The molecule has 2 atom stereocenters. The van der Waals surface area contributed by atoms with E-state index in [0.29, 0.717) is 5.92 Å². The molecule has 0 radical (unpaired) electrons. The molecule has 2 unspecified atom stereocenters. The van der Waals surface area contributed by atoms with Crippen LogP contribution in [-0.2, 0) is 9.53 Å². The first-order valence-corrected chi connectivity index (χ1v) is 4.73. The van der Waals surface area contributed by atoms with Crippen molar-refractivity contribution < 1.29 is 9.53 Å². The Labute approximate surface area is 78.3 Å². The fourth-order valence-corrected chi connectivity index (χ4v) is 2.14. The van der Waals surface area contributed by atoms with Gasteiger partial charge in [0.15, 0.2) is 0 Å². The molecule has 0 saturated carbocycles. The maximum absolute atomic E-state index is 11.0. The number of hydrogen-bond acceptors (Lipinski definition) is 2. The van der Waals surface area contributed by atoms with Crippen LogP contribution in [0, 0.1) is 5.92 Å². The van der Waals surface area contributed by atoms with Gasteiger partial charge in [-0.15, -0.1) is 0 Å². The van der Waals surface area contributed by atoms with E-state index in [4.69, 9.17) is 4.74 Å². The van der Waals surface area contributed by atoms with Crippen molar-refractivity contribution in [2.45, 2.75) is 32.3 Å². The number of rotatable bonds is 0. The predicted molar refractivity (Wildman–Crippen MR) is 50.1 cm³/mol. The van der Waals surface area contributed by atoms with Crippen molar-refractivity contribution in [3.05, 3.63) is 23.8 Å². The van der Waals surface area contributed by atoms with Gasteiger partial charge in [-0.05, 0) is 25.8 Å². The molecule has 0 bridgehead atoms. The first-order valence-electron chi connectivity index (χ1n) is 4.73. The molecule has 0 aromatic rings. The van der Waals surface area contributed by atoms with Gasteiger partial charge < -0.3 is 4.74 Å². The van der Waals surface area contributed by atoms with E-state index in [1.807, 2.05) is 6.08 Å². The molecule has 2 nitrogen and oxygen atoms in total. The summed E-state index contributed by atoms with van der Waals surface area (Å²) in [5, 5.41) is 0. The van der Waals surface area contributed by atoms with Crippen LogP contribution >= 0.6 is 0 Å². The molecule has 1 aliphatic heterocycles. The van der Waals surface area contributed by atoms with Gasteiger partial charge in [-0.2, -0.15) is 0 Å². The molecular formula is C11H14O2. The van der Waals surface area contributed by atoms with Gasteiger partial charge in [-0.3, -0.25) is 0 Å². The minimum atomic E-state index is -0.323. The molecule has 1 heterocycles. The Kier molecular flexibility index (Phi) is 1.79. The monoisotopic (exact) mass is 178 g/mol. The molecule has 70 valence electrons. The van der Waals surface area contributed by atoms with E-state index in [0.717, 1.165) is 12.8 Å². The van der Waals surface area contributed by atoms with Crippen molar-refractivity contribution in [2.75, 3.05) is 0 Å². The van der Waals surface area contributed by atoms with Crippen LogP contribution in [0.3, 0.4) is 0 Å². The second kappa shape index (κ2) is 2.72. The van der Waals surface area contributed by atoms with E-state index < -0.39 is 0 Å². The summed E-state index contributed by atoms with van der Waals surface area (Å²) in [6.45, 7) is 4.22. The first kappa shape index (κ1) is 8.54. The van der Waals surface area contributed by atoms with Gasteiger partial charge in [0, 0.05) is 12.0 Å². The lowest BCUT2D eigenvalue weighted by Gasteiger charge is -2.36. The second-order valence-corrected chi connectivity index (χ2v) is 3.92. The molecule has 0 saturated heterocycles. The number of allylic oxidation sites excluding steroid dienone is 1. The lowest BCUT2D eigenvalue weighted by atomic mass is 9.76. The molecule has 2 rings (SSSR count). The molecule has 13 heavy (non-hydrogen) atoms. The Bertz CT molecular complexity index is 301. The topological polar surface area (TPSA) is 26.3 Å². The second-order valence-electron chi connectivity index (χ2n) is 3.92. The molecule has 0 amide bonds. The highest BCUT2D eigenvalue weighted by Gasteiger charge is 2.42. The quantitative estimate of drug-likeness (QED) is 0.420. The third-order valence-corrected chi connectivity index (χ3v) is 3.21. The standard InChI is InChI=1S/C11H14O2/c1-8-4-3-6-11(9(8)2)7-5-10(12)13-11/h4-5,7,9H,3,6H2,1-2H3. The Balaban J connectivity index is 2.30. The van der Waals surface area contributed by atoms with Gasteiger partial charge in [0.1, 0.15) is 5.60 Å². The van der Waals surface area contributed by atoms with Gasteiger partial charge in [0.05, 0.1) is 0 Å². The average Bonchev–Trinajstić information content (AvgIpc) is 2.45. The fourth-order valence-electron chi connectivity index (χ4n) is 2.14. The van der Waals surface area contributed by atoms with Crippen molar-refractivity contribution in [1.29, 1.82) is 0 Å². The van der Waals surface area contributed by atoms with E-state index >= 15 is 0 Å². The maximum Gasteiger partial charge on any atom is 0.331 e. The summed E-state index contributed by atoms with van der Waals surface area (Å²) in [6, 6.07) is 0. The summed E-state index contributed by atoms with van der Waals surface area (Å²) in [5.41, 5.74) is 1.00. The number of esters is 1. The molecule has 0 aromatic heterocycles. The van der Waals surface area contributed by atoms with Gasteiger partial charge in [0.2, 0.25) is 0 Å². The number of carbonyl (C=O) groups excluding carboxylic acids is 1. The van der Waals surface area contributed by atoms with Crippen LogP contribution in [0.5, 0.6) is 0 Å². The van der Waals surface area contributed by atoms with Gasteiger partial charge >= 0.3 is 5.97 Å². The van der Waals surface area contributed by atoms with Crippen LogP contribution < -0.4 is 0 Å². The van der Waals surface area contributed by atoms with E-state index in [9.17, 15) is 4.79 Å². The zero-order valence-corrected chi connectivity index (χ0v) is 8.04. The minimum Gasteiger partial charge on any atom is -0.451 e. The van der Waals surface area contributed by atoms with Crippen LogP contribution in [0.15, 0.2) is 23.8 Å². The van der Waals surface area contributed by atoms with E-state index in [1.54, 1.807) is 6.08 Å². The normalized spacial score (nSPS) is 37.8. The fraction of sp³-hybridized carbons (Fsp3) is 0.545. The first-order chi connectivity index (χ1) is 6.14. The summed E-state index contributed by atoms with van der Waals surface area (Å²) in [4.78, 5) is 11.0. The summed E-state index contributed by atoms with van der Waals surface area (Å²) >= 11 is 0. The molecule has 0 fully saturated rings. The average molecular weight is 178 g/mol. The molecule has 0 N–H and O–H groups in total. The van der Waals surface area contributed by atoms with Crippen LogP contribution in [-0.4, -0.2) is 11.6 Å². The van der Waals surface area contributed by atoms with Crippen LogP contribution in [0.25, 0.3) is 0 Å². The predicted octanol–water partition coefficient (Wildman–Crippen LogP) is 2.21. The van der Waals surface area contributed by atoms with Crippen molar-refractivity contribution in [1.82, 2.24) is 0 Å². The summed E-state index contributed by atoms with van der Waals surface area (Å²) in [5.74, 6) is 0.130. The zero-order chi connectivity index (χ0) is 9.47. The molecule has 2 heteroatoms. The van der Waals surface area contributed by atoms with Crippen LogP contribution in [0.1, 0.15) is 26.7 Å². The number of hydrogen-bond donors (Lipinski definition) is 0. The number of carbonyl (C=O) groups is 1. The Morgan fingerprint density at radius 2 is 2.38 bits per heavy atom. The summed E-state index contributed by atoms with van der Waals surface area (Å²) in [6.07, 6.45) is 7.64. The minimum absolute atomic E-state index is 0.193. The molecule has 0 aromatic carbocycles. The zero-order valence-electron chi connectivity index (χ0n) is 8.04. The van der Waals surface area contributed by atoms with Gasteiger partial charge in [-0.25, -0.2) is 4.79 Å². The number of ether oxygens (including phenoxy) is 1. The molecule has 1 aliphatic carbocycles. The van der Waals surface area contributed by atoms with Crippen molar-refractivity contribution in [3.8, 4) is 0 Å². The van der Waals surface area contributed by atoms with Gasteiger partial charge in [-0.1, -0.05) is 18.6 Å². The van der Waals surface area contributed by atoms with Crippen LogP contribution in [0.4, 0.5) is 0 Å².